The van der Waals surface area contributed by atoms with Crippen molar-refractivity contribution >= 4 is 35.3 Å². The van der Waals surface area contributed by atoms with Crippen LogP contribution in [0.25, 0.3) is 6.08 Å². The summed E-state index contributed by atoms with van der Waals surface area (Å²) < 4.78 is 0. The van der Waals surface area contributed by atoms with E-state index in [1.54, 1.807) is 0 Å². The molecule has 0 bridgehead atoms. The average molecular weight is 376 g/mol. The molecule has 3 fully saturated rings. The molecule has 0 N–H and O–H groups in total. The summed E-state index contributed by atoms with van der Waals surface area (Å²) in [5.74, 6) is 1.18. The Morgan fingerprint density at radius 1 is 0.889 bits per heavy atom. The number of nitrogens with zero attached hydrogens (tertiary/aromatic N) is 2. The molecule has 0 spiro atoms. The zero-order valence-corrected chi connectivity index (χ0v) is 15.6. The van der Waals surface area contributed by atoms with Gasteiger partial charge in [0.25, 0.3) is 0 Å². The summed E-state index contributed by atoms with van der Waals surface area (Å²) in [6.45, 7) is 0. The van der Waals surface area contributed by atoms with Crippen LogP contribution in [0.3, 0.4) is 0 Å². The summed E-state index contributed by atoms with van der Waals surface area (Å²) in [5.41, 5.74) is 1.80. The molecule has 0 aromatic heterocycles. The van der Waals surface area contributed by atoms with Gasteiger partial charge in [-0.2, -0.15) is 0 Å². The number of hydrogen-bond acceptors (Lipinski definition) is 4. The minimum absolute atomic E-state index is 0.0274. The molecule has 0 radical (unpaired) electrons. The molecule has 5 heteroatoms. The lowest BCUT2D eigenvalue weighted by molar-refractivity contribution is -0.123. The van der Waals surface area contributed by atoms with Gasteiger partial charge in [-0.05, 0) is 17.7 Å². The van der Waals surface area contributed by atoms with Crippen molar-refractivity contribution in [2.75, 3.05) is 16.5 Å². The van der Waals surface area contributed by atoms with Gasteiger partial charge < -0.3 is 0 Å². The third-order valence-corrected chi connectivity index (χ3v) is 6.88. The molecule has 0 saturated carbocycles. The van der Waals surface area contributed by atoms with Crippen LogP contribution in [-0.2, 0) is 9.59 Å². The van der Waals surface area contributed by atoms with Gasteiger partial charge in [0.2, 0.25) is 11.8 Å². The van der Waals surface area contributed by atoms with E-state index in [0.717, 1.165) is 17.2 Å². The molecule has 3 saturated heterocycles. The fourth-order valence-electron chi connectivity index (χ4n) is 4.61. The first-order valence-electron chi connectivity index (χ1n) is 9.25. The van der Waals surface area contributed by atoms with Crippen molar-refractivity contribution in [1.82, 2.24) is 4.90 Å². The molecule has 0 unspecified atom stereocenters. The summed E-state index contributed by atoms with van der Waals surface area (Å²) in [7, 11) is 0. The molecule has 3 aliphatic heterocycles. The fraction of sp³-hybridized carbons (Fsp3) is 0.273. The van der Waals surface area contributed by atoms with Crippen molar-refractivity contribution in [3.8, 4) is 0 Å². The van der Waals surface area contributed by atoms with Crippen molar-refractivity contribution in [2.45, 2.75) is 12.1 Å². The fourth-order valence-corrected chi connectivity index (χ4v) is 5.93. The Labute approximate surface area is 162 Å². The number of amides is 2. The second kappa shape index (κ2) is 6.66. The van der Waals surface area contributed by atoms with Gasteiger partial charge in [0.1, 0.15) is 0 Å². The Kier molecular flexibility index (Phi) is 4.14. The smallest absolute Gasteiger partial charge is 0.239 e. The van der Waals surface area contributed by atoms with Crippen LogP contribution in [-0.4, -0.2) is 40.4 Å². The van der Waals surface area contributed by atoms with Gasteiger partial charge in [-0.1, -0.05) is 60.7 Å². The number of para-hydroxylation sites is 1. The van der Waals surface area contributed by atoms with E-state index in [2.05, 4.69) is 29.2 Å². The molecular formula is C22H20N2O2S. The van der Waals surface area contributed by atoms with Crippen molar-refractivity contribution in [2.24, 2.45) is 11.8 Å². The van der Waals surface area contributed by atoms with E-state index >= 15 is 0 Å². The van der Waals surface area contributed by atoms with Crippen molar-refractivity contribution in [1.29, 1.82) is 0 Å². The number of anilines is 1. The van der Waals surface area contributed by atoms with E-state index in [1.165, 1.54) is 4.90 Å². The Bertz CT molecular complexity index is 899. The maximum absolute atomic E-state index is 13.3. The maximum Gasteiger partial charge on any atom is 0.239 e. The molecule has 2 aromatic carbocycles. The highest BCUT2D eigenvalue weighted by Crippen LogP contribution is 2.48. The molecule has 2 aromatic rings. The number of carbonyl (C=O) groups is 2. The lowest BCUT2D eigenvalue weighted by atomic mass is 9.89. The standard InChI is InChI=1S/C22H20N2O2S/c25-21-19-17(12-11-15-7-3-1-4-8-15)23-14-27-13-18(23)20(19)22(26)24(21)16-9-5-2-6-10-16/h1-12,17-20H,13-14H2/b12-11+/t17-,18+,19+,20-/m0/s1. The van der Waals surface area contributed by atoms with Crippen LogP contribution in [0.4, 0.5) is 5.69 Å². The number of thioether (sulfide) groups is 1. The van der Waals surface area contributed by atoms with Gasteiger partial charge in [0.05, 0.1) is 17.5 Å². The highest BCUT2D eigenvalue weighted by Gasteiger charge is 2.62. The molecule has 0 aliphatic carbocycles. The zero-order chi connectivity index (χ0) is 18.4. The first kappa shape index (κ1) is 16.8. The van der Waals surface area contributed by atoms with Gasteiger partial charge in [0.15, 0.2) is 0 Å². The molecule has 3 heterocycles. The number of rotatable bonds is 3. The number of fused-ring (bicyclic) bond motifs is 3. The predicted molar refractivity (Wildman–Crippen MR) is 108 cm³/mol. The van der Waals surface area contributed by atoms with Crippen LogP contribution < -0.4 is 4.90 Å². The Morgan fingerprint density at radius 2 is 1.56 bits per heavy atom. The summed E-state index contributed by atoms with van der Waals surface area (Å²) in [4.78, 5) is 30.3. The highest BCUT2D eigenvalue weighted by atomic mass is 32.2. The average Bonchev–Trinajstić information content (AvgIpc) is 3.34. The normalized spacial score (nSPS) is 30.3. The predicted octanol–water partition coefficient (Wildman–Crippen LogP) is 3.26. The second-order valence-corrected chi connectivity index (χ2v) is 8.24. The summed E-state index contributed by atoms with van der Waals surface area (Å²) >= 11 is 1.85. The summed E-state index contributed by atoms with van der Waals surface area (Å²) in [5, 5.41) is 0. The third kappa shape index (κ3) is 2.65. The van der Waals surface area contributed by atoms with E-state index in [4.69, 9.17) is 0 Å². The molecule has 27 heavy (non-hydrogen) atoms. The van der Waals surface area contributed by atoms with Gasteiger partial charge in [-0.15, -0.1) is 11.8 Å². The molecule has 4 nitrogen and oxygen atoms in total. The van der Waals surface area contributed by atoms with Crippen LogP contribution in [0.2, 0.25) is 0 Å². The van der Waals surface area contributed by atoms with Crippen LogP contribution in [0.1, 0.15) is 5.56 Å². The monoisotopic (exact) mass is 376 g/mol. The molecule has 136 valence electrons. The largest absolute Gasteiger partial charge is 0.282 e. The van der Waals surface area contributed by atoms with Crippen molar-refractivity contribution in [3.05, 3.63) is 72.3 Å². The number of imide groups is 1. The zero-order valence-electron chi connectivity index (χ0n) is 14.8. The van der Waals surface area contributed by atoms with E-state index in [-0.39, 0.29) is 35.7 Å². The summed E-state index contributed by atoms with van der Waals surface area (Å²) in [6.07, 6.45) is 4.20. The van der Waals surface area contributed by atoms with Gasteiger partial charge in [-0.3, -0.25) is 14.5 Å². The van der Waals surface area contributed by atoms with Crippen LogP contribution >= 0.6 is 11.8 Å². The number of hydrogen-bond donors (Lipinski definition) is 0. The minimum atomic E-state index is -0.288. The van der Waals surface area contributed by atoms with E-state index in [1.807, 2.05) is 60.3 Å². The number of benzene rings is 2. The lowest BCUT2D eigenvalue weighted by Gasteiger charge is -2.25. The Morgan fingerprint density at radius 3 is 2.30 bits per heavy atom. The highest BCUT2D eigenvalue weighted by molar-refractivity contribution is 7.99. The minimum Gasteiger partial charge on any atom is -0.282 e. The van der Waals surface area contributed by atoms with E-state index in [0.29, 0.717) is 5.69 Å². The van der Waals surface area contributed by atoms with E-state index < -0.39 is 0 Å². The van der Waals surface area contributed by atoms with Crippen molar-refractivity contribution < 1.29 is 9.59 Å². The third-order valence-electron chi connectivity index (χ3n) is 5.82. The number of carbonyl (C=O) groups excluding carboxylic acids is 2. The molecular weight excluding hydrogens is 356 g/mol. The Hall–Kier alpha value is -2.37. The van der Waals surface area contributed by atoms with E-state index in [9.17, 15) is 9.59 Å². The molecule has 5 rings (SSSR count). The molecule has 3 aliphatic rings. The Balaban J connectivity index is 1.51. The van der Waals surface area contributed by atoms with Crippen LogP contribution in [0.5, 0.6) is 0 Å². The van der Waals surface area contributed by atoms with Crippen LogP contribution in [0, 0.1) is 11.8 Å². The van der Waals surface area contributed by atoms with Gasteiger partial charge in [0, 0.05) is 23.7 Å². The quantitative estimate of drug-likeness (QED) is 0.771. The maximum atomic E-state index is 13.3. The van der Waals surface area contributed by atoms with Crippen molar-refractivity contribution in [3.63, 3.8) is 0 Å². The topological polar surface area (TPSA) is 40.6 Å². The lowest BCUT2D eigenvalue weighted by Crippen LogP contribution is -2.42. The second-order valence-electron chi connectivity index (χ2n) is 7.24. The SMILES string of the molecule is O=C1[C@@H]2[C@H](C(=O)N1c1ccccc1)[C@H](/C=C/c1ccccc1)N1CSC[C@H]21. The van der Waals surface area contributed by atoms with Gasteiger partial charge in [-0.25, -0.2) is 4.90 Å². The summed E-state index contributed by atoms with van der Waals surface area (Å²) in [6, 6.07) is 19.6. The first-order valence-corrected chi connectivity index (χ1v) is 10.4. The first-order chi connectivity index (χ1) is 13.3. The molecule has 2 amide bonds. The van der Waals surface area contributed by atoms with Gasteiger partial charge >= 0.3 is 0 Å². The molecule has 4 atom stereocenters. The van der Waals surface area contributed by atoms with Crippen LogP contribution in [0.15, 0.2) is 66.7 Å².